The lowest BCUT2D eigenvalue weighted by Crippen LogP contribution is -2.20. The monoisotopic (exact) mass is 307 g/mol. The summed E-state index contributed by atoms with van der Waals surface area (Å²) in [6.45, 7) is 12.7. The smallest absolute Gasteiger partial charge is 0.108 e. The zero-order valence-electron chi connectivity index (χ0n) is 13.6. The van der Waals surface area contributed by atoms with E-state index in [4.69, 9.17) is 0 Å². The summed E-state index contributed by atoms with van der Waals surface area (Å²) in [5.74, 6) is 0. The third-order valence-corrected chi connectivity index (χ3v) is 7.84. The molecule has 0 fully saturated rings. The second-order valence-corrected chi connectivity index (χ2v) is 15.9. The second-order valence-electron chi connectivity index (χ2n) is 6.35. The molecular weight excluding hydrogens is 278 g/mol. The fourth-order valence-corrected chi connectivity index (χ4v) is 7.38. The number of nitrogens with zero attached hydrogens (tertiary/aromatic N) is 1. The highest BCUT2D eigenvalue weighted by Crippen LogP contribution is 2.29. The highest BCUT2D eigenvalue weighted by molar-refractivity contribution is 8.29. The van der Waals surface area contributed by atoms with Crippen molar-refractivity contribution in [3.8, 4) is 0 Å². The molecular formula is C17H29NSSi. The topological polar surface area (TPSA) is 12.4 Å². The molecule has 0 aliphatic rings. The van der Waals surface area contributed by atoms with Gasteiger partial charge in [-0.3, -0.25) is 4.99 Å². The van der Waals surface area contributed by atoms with Gasteiger partial charge in [-0.25, -0.2) is 0 Å². The molecule has 1 nitrogen and oxygen atoms in total. The van der Waals surface area contributed by atoms with E-state index in [1.54, 1.807) is 0 Å². The van der Waals surface area contributed by atoms with E-state index < -0.39 is 7.22 Å². The molecule has 0 saturated carbocycles. The van der Waals surface area contributed by atoms with Crippen molar-refractivity contribution in [2.24, 2.45) is 4.99 Å². The SMILES string of the molecule is CCC(CCC/N=C/c1ccc(C)cc1)S[Si](C)(C)C. The van der Waals surface area contributed by atoms with E-state index >= 15 is 0 Å². The third kappa shape index (κ3) is 7.90. The van der Waals surface area contributed by atoms with E-state index in [9.17, 15) is 0 Å². The van der Waals surface area contributed by atoms with Crippen molar-refractivity contribution in [3.63, 3.8) is 0 Å². The first-order valence-corrected chi connectivity index (χ1v) is 12.8. The zero-order valence-corrected chi connectivity index (χ0v) is 15.5. The van der Waals surface area contributed by atoms with Crippen LogP contribution in [0.25, 0.3) is 0 Å². The fraction of sp³-hybridized carbons (Fsp3) is 0.588. The number of aryl methyl sites for hydroxylation is 1. The number of hydrogen-bond donors (Lipinski definition) is 0. The summed E-state index contributed by atoms with van der Waals surface area (Å²) in [4.78, 5) is 4.55. The molecule has 1 rings (SSSR count). The second kappa shape index (κ2) is 8.68. The van der Waals surface area contributed by atoms with Gasteiger partial charge in [0.15, 0.2) is 0 Å². The van der Waals surface area contributed by atoms with E-state index in [0.29, 0.717) is 0 Å². The first-order chi connectivity index (χ1) is 9.40. The highest BCUT2D eigenvalue weighted by Gasteiger charge is 2.19. The normalized spacial score (nSPS) is 13.8. The minimum absolute atomic E-state index is 0.830. The van der Waals surface area contributed by atoms with Crippen molar-refractivity contribution in [2.45, 2.75) is 58.0 Å². The summed E-state index contributed by atoms with van der Waals surface area (Å²) in [5.41, 5.74) is 2.51. The molecule has 0 heterocycles. The maximum Gasteiger partial charge on any atom is 0.108 e. The Bertz CT molecular complexity index is 406. The molecule has 1 aromatic carbocycles. The van der Waals surface area contributed by atoms with Crippen molar-refractivity contribution in [3.05, 3.63) is 35.4 Å². The molecule has 1 unspecified atom stereocenters. The van der Waals surface area contributed by atoms with Crippen molar-refractivity contribution < 1.29 is 0 Å². The van der Waals surface area contributed by atoms with Crippen LogP contribution in [0.4, 0.5) is 0 Å². The summed E-state index contributed by atoms with van der Waals surface area (Å²) in [6.07, 6.45) is 5.80. The molecule has 0 N–H and O–H groups in total. The lowest BCUT2D eigenvalue weighted by molar-refractivity contribution is 0.693. The quantitative estimate of drug-likeness (QED) is 0.349. The van der Waals surface area contributed by atoms with Crippen molar-refractivity contribution in [1.29, 1.82) is 0 Å². The van der Waals surface area contributed by atoms with Gasteiger partial charge in [-0.1, -0.05) is 56.4 Å². The molecule has 0 aromatic heterocycles. The van der Waals surface area contributed by atoms with Crippen molar-refractivity contribution >= 4 is 24.6 Å². The van der Waals surface area contributed by atoms with E-state index in [2.05, 4.69) is 74.0 Å². The van der Waals surface area contributed by atoms with Crippen LogP contribution < -0.4 is 0 Å². The van der Waals surface area contributed by atoms with Crippen molar-refractivity contribution in [1.82, 2.24) is 0 Å². The number of benzene rings is 1. The Hall–Kier alpha value is -0.543. The number of rotatable bonds is 8. The van der Waals surface area contributed by atoms with Crippen LogP contribution in [0.15, 0.2) is 29.3 Å². The molecule has 0 bridgehead atoms. The average Bonchev–Trinajstić information content (AvgIpc) is 2.37. The van der Waals surface area contributed by atoms with Crippen LogP contribution in [0.5, 0.6) is 0 Å². The van der Waals surface area contributed by atoms with Crippen LogP contribution in [-0.4, -0.2) is 25.2 Å². The van der Waals surface area contributed by atoms with Crippen LogP contribution >= 0.6 is 11.2 Å². The summed E-state index contributed by atoms with van der Waals surface area (Å²) >= 11 is 2.24. The molecule has 0 spiro atoms. The maximum atomic E-state index is 4.55. The average molecular weight is 308 g/mol. The van der Waals surface area contributed by atoms with E-state index in [-0.39, 0.29) is 0 Å². The van der Waals surface area contributed by atoms with Gasteiger partial charge in [-0.2, -0.15) is 11.2 Å². The number of hydrogen-bond acceptors (Lipinski definition) is 2. The Kier molecular flexibility index (Phi) is 7.60. The van der Waals surface area contributed by atoms with Crippen LogP contribution in [-0.2, 0) is 0 Å². The van der Waals surface area contributed by atoms with E-state index in [0.717, 1.165) is 11.8 Å². The minimum Gasteiger partial charge on any atom is -0.293 e. The molecule has 0 saturated heterocycles. The van der Waals surface area contributed by atoms with Crippen LogP contribution in [0.2, 0.25) is 19.6 Å². The van der Waals surface area contributed by atoms with Gasteiger partial charge in [0.1, 0.15) is 7.22 Å². The number of aliphatic imine (C=N–C) groups is 1. The van der Waals surface area contributed by atoms with Gasteiger partial charge in [-0.15, -0.1) is 0 Å². The summed E-state index contributed by atoms with van der Waals surface area (Å²) in [5, 5.41) is 0.830. The Morgan fingerprint density at radius 1 is 1.20 bits per heavy atom. The molecule has 0 amide bonds. The zero-order chi connectivity index (χ0) is 15.0. The van der Waals surface area contributed by atoms with Gasteiger partial charge in [0.25, 0.3) is 0 Å². The first kappa shape index (κ1) is 17.5. The van der Waals surface area contributed by atoms with Crippen LogP contribution in [0, 0.1) is 6.92 Å². The van der Waals surface area contributed by atoms with Crippen LogP contribution in [0.1, 0.15) is 37.3 Å². The lowest BCUT2D eigenvalue weighted by atomic mass is 10.2. The van der Waals surface area contributed by atoms with Gasteiger partial charge in [-0.05, 0) is 37.0 Å². The molecule has 0 aliphatic heterocycles. The predicted molar refractivity (Wildman–Crippen MR) is 97.9 cm³/mol. The summed E-state index contributed by atoms with van der Waals surface area (Å²) in [7, 11) is -0.990. The fourth-order valence-electron chi connectivity index (χ4n) is 2.08. The molecule has 3 heteroatoms. The molecule has 1 atom stereocenters. The third-order valence-electron chi connectivity index (χ3n) is 3.11. The van der Waals surface area contributed by atoms with Gasteiger partial charge in [0.2, 0.25) is 0 Å². The molecule has 0 radical (unpaired) electrons. The lowest BCUT2D eigenvalue weighted by Gasteiger charge is -2.23. The van der Waals surface area contributed by atoms with Gasteiger partial charge < -0.3 is 0 Å². The van der Waals surface area contributed by atoms with E-state index in [1.807, 2.05) is 6.21 Å². The first-order valence-electron chi connectivity index (χ1n) is 7.65. The Balaban J connectivity index is 2.28. The Labute approximate surface area is 129 Å². The Morgan fingerprint density at radius 3 is 2.40 bits per heavy atom. The molecule has 1 aromatic rings. The van der Waals surface area contributed by atoms with Gasteiger partial charge in [0, 0.05) is 12.8 Å². The van der Waals surface area contributed by atoms with Gasteiger partial charge >= 0.3 is 0 Å². The largest absolute Gasteiger partial charge is 0.293 e. The van der Waals surface area contributed by atoms with Crippen LogP contribution in [0.3, 0.4) is 0 Å². The maximum absolute atomic E-state index is 4.55. The molecule has 112 valence electrons. The standard InChI is InChI=1S/C17H29NSSi/c1-6-17(19-20(3,4)5)8-7-13-18-14-16-11-9-15(2)10-12-16/h9-12,14,17H,6-8,13H2,1-5H3/b18-14+. The molecule has 0 aliphatic carbocycles. The Morgan fingerprint density at radius 2 is 1.85 bits per heavy atom. The highest BCUT2D eigenvalue weighted by atomic mass is 32.4. The van der Waals surface area contributed by atoms with E-state index in [1.165, 1.54) is 30.4 Å². The molecule has 20 heavy (non-hydrogen) atoms. The minimum atomic E-state index is -0.990. The van der Waals surface area contributed by atoms with Gasteiger partial charge in [0.05, 0.1) is 0 Å². The van der Waals surface area contributed by atoms with Crippen molar-refractivity contribution in [2.75, 3.05) is 6.54 Å². The predicted octanol–water partition coefficient (Wildman–Crippen LogP) is 5.54. The summed E-state index contributed by atoms with van der Waals surface area (Å²) < 4.78 is 0. The summed E-state index contributed by atoms with van der Waals surface area (Å²) in [6, 6.07) is 8.54.